The number of benzene rings is 1. The second kappa shape index (κ2) is 6.13. The minimum atomic E-state index is -1.02. The summed E-state index contributed by atoms with van der Waals surface area (Å²) in [6, 6.07) is 4.82. The van der Waals surface area contributed by atoms with E-state index in [1.54, 1.807) is 18.2 Å². The van der Waals surface area contributed by atoms with Crippen LogP contribution in [0.4, 0.5) is 10.5 Å². The molecule has 1 aromatic rings. The number of ether oxygens (including phenoxy) is 1. The molecular formula is C13H15BrN2O4. The number of carbonyl (C=O) groups excluding carboxylic acids is 1. The number of urea groups is 1. The molecule has 0 spiro atoms. The third-order valence-corrected chi connectivity index (χ3v) is 3.45. The van der Waals surface area contributed by atoms with E-state index in [1.807, 2.05) is 0 Å². The molecule has 1 aliphatic carbocycles. The number of carbonyl (C=O) groups is 2. The zero-order chi connectivity index (χ0) is 14.7. The molecule has 0 radical (unpaired) electrons. The van der Waals surface area contributed by atoms with Gasteiger partial charge in [0.15, 0.2) is 0 Å². The zero-order valence-electron chi connectivity index (χ0n) is 10.9. The number of carboxylic acid groups (broad SMARTS) is 1. The van der Waals surface area contributed by atoms with Crippen molar-refractivity contribution in [2.24, 2.45) is 0 Å². The smallest absolute Gasteiger partial charge is 0.323 e. The zero-order valence-corrected chi connectivity index (χ0v) is 12.5. The third kappa shape index (κ3) is 3.63. The van der Waals surface area contributed by atoms with Gasteiger partial charge < -0.3 is 20.1 Å². The van der Waals surface area contributed by atoms with E-state index in [9.17, 15) is 9.59 Å². The number of methoxy groups -OCH3 is 1. The summed E-state index contributed by atoms with van der Waals surface area (Å²) in [5, 5.41) is 11.6. The molecular weight excluding hydrogens is 328 g/mol. The molecule has 1 aromatic carbocycles. The molecule has 0 unspecified atom stereocenters. The highest BCUT2D eigenvalue weighted by Crippen LogP contribution is 2.30. The Morgan fingerprint density at radius 2 is 2.20 bits per heavy atom. The highest BCUT2D eigenvalue weighted by molar-refractivity contribution is 9.10. The number of hydrogen-bond acceptors (Lipinski definition) is 3. The number of hydrogen-bond donors (Lipinski definition) is 2. The summed E-state index contributed by atoms with van der Waals surface area (Å²) in [7, 11) is 1.51. The predicted octanol–water partition coefficient (Wildman–Crippen LogP) is 2.54. The number of carboxylic acids is 1. The van der Waals surface area contributed by atoms with E-state index in [1.165, 1.54) is 12.0 Å². The van der Waals surface area contributed by atoms with Crippen LogP contribution in [-0.2, 0) is 4.79 Å². The van der Waals surface area contributed by atoms with Crippen LogP contribution in [0.3, 0.4) is 0 Å². The van der Waals surface area contributed by atoms with Crippen molar-refractivity contribution in [1.82, 2.24) is 4.90 Å². The van der Waals surface area contributed by atoms with Gasteiger partial charge in [0.1, 0.15) is 12.3 Å². The molecule has 2 N–H and O–H groups in total. The molecule has 1 aliphatic rings. The molecule has 0 aromatic heterocycles. The molecule has 2 rings (SSSR count). The lowest BCUT2D eigenvalue weighted by molar-refractivity contribution is -0.137. The minimum Gasteiger partial charge on any atom is -0.495 e. The van der Waals surface area contributed by atoms with Gasteiger partial charge in [-0.05, 0) is 31.0 Å². The topological polar surface area (TPSA) is 78.9 Å². The molecule has 6 nitrogen and oxygen atoms in total. The Bertz CT molecular complexity index is 531. The molecule has 20 heavy (non-hydrogen) atoms. The van der Waals surface area contributed by atoms with E-state index in [0.29, 0.717) is 11.4 Å². The van der Waals surface area contributed by atoms with Crippen molar-refractivity contribution in [3.8, 4) is 5.75 Å². The fourth-order valence-electron chi connectivity index (χ4n) is 1.86. The molecule has 2 amide bonds. The number of rotatable bonds is 5. The van der Waals surface area contributed by atoms with Crippen LogP contribution in [0, 0.1) is 0 Å². The standard InChI is InChI=1S/C13H15BrN2O4/c1-20-11-5-2-8(14)6-10(11)15-13(19)16(7-12(17)18)9-3-4-9/h2,5-6,9H,3-4,7H2,1H3,(H,15,19)(H,17,18). The average Bonchev–Trinajstić information content (AvgIpc) is 3.20. The van der Waals surface area contributed by atoms with Crippen molar-refractivity contribution in [3.05, 3.63) is 22.7 Å². The number of amides is 2. The summed E-state index contributed by atoms with van der Waals surface area (Å²) < 4.78 is 5.96. The van der Waals surface area contributed by atoms with E-state index in [4.69, 9.17) is 9.84 Å². The molecule has 0 saturated heterocycles. The summed E-state index contributed by atoms with van der Waals surface area (Å²) >= 11 is 3.32. The van der Waals surface area contributed by atoms with Crippen molar-refractivity contribution in [2.75, 3.05) is 19.0 Å². The Labute approximate surface area is 124 Å². The molecule has 0 bridgehead atoms. The van der Waals surface area contributed by atoms with E-state index in [2.05, 4.69) is 21.2 Å². The Morgan fingerprint density at radius 1 is 1.50 bits per heavy atom. The highest BCUT2D eigenvalue weighted by Gasteiger charge is 2.34. The van der Waals surface area contributed by atoms with Gasteiger partial charge in [-0.3, -0.25) is 4.79 Å². The summed E-state index contributed by atoms with van der Waals surface area (Å²) in [4.78, 5) is 24.3. The Balaban J connectivity index is 2.13. The van der Waals surface area contributed by atoms with Gasteiger partial charge in [-0.25, -0.2) is 4.79 Å². The molecule has 0 atom stereocenters. The van der Waals surface area contributed by atoms with Crippen LogP contribution in [0.2, 0.25) is 0 Å². The molecule has 0 heterocycles. The van der Waals surface area contributed by atoms with Crippen LogP contribution in [0.1, 0.15) is 12.8 Å². The second-order valence-electron chi connectivity index (χ2n) is 4.53. The molecule has 0 aliphatic heterocycles. The third-order valence-electron chi connectivity index (χ3n) is 2.96. The van der Waals surface area contributed by atoms with Gasteiger partial charge in [-0.15, -0.1) is 0 Å². The molecule has 7 heteroatoms. The van der Waals surface area contributed by atoms with Crippen LogP contribution in [0.25, 0.3) is 0 Å². The maximum Gasteiger partial charge on any atom is 0.323 e. The maximum absolute atomic E-state index is 12.2. The van der Waals surface area contributed by atoms with Gasteiger partial charge in [-0.1, -0.05) is 15.9 Å². The SMILES string of the molecule is COc1ccc(Br)cc1NC(=O)N(CC(=O)O)C1CC1. The maximum atomic E-state index is 12.2. The number of nitrogens with zero attached hydrogens (tertiary/aromatic N) is 1. The quantitative estimate of drug-likeness (QED) is 0.861. The van der Waals surface area contributed by atoms with E-state index >= 15 is 0 Å². The first-order valence-corrected chi connectivity index (χ1v) is 6.93. The van der Waals surface area contributed by atoms with Gasteiger partial charge in [0, 0.05) is 10.5 Å². The van der Waals surface area contributed by atoms with Gasteiger partial charge >= 0.3 is 12.0 Å². The Morgan fingerprint density at radius 3 is 2.75 bits per heavy atom. The van der Waals surface area contributed by atoms with Gasteiger partial charge in [0.2, 0.25) is 0 Å². The van der Waals surface area contributed by atoms with Crippen molar-refractivity contribution < 1.29 is 19.4 Å². The van der Waals surface area contributed by atoms with E-state index in [-0.39, 0.29) is 12.6 Å². The van der Waals surface area contributed by atoms with E-state index < -0.39 is 12.0 Å². The number of nitrogens with one attached hydrogen (secondary N) is 1. The number of halogens is 1. The van der Waals surface area contributed by atoms with Gasteiger partial charge in [-0.2, -0.15) is 0 Å². The van der Waals surface area contributed by atoms with Crippen LogP contribution < -0.4 is 10.1 Å². The Kier molecular flexibility index (Phi) is 4.49. The lowest BCUT2D eigenvalue weighted by Crippen LogP contribution is -2.40. The van der Waals surface area contributed by atoms with Gasteiger partial charge in [0.25, 0.3) is 0 Å². The van der Waals surface area contributed by atoms with Crippen LogP contribution in [0.5, 0.6) is 5.75 Å². The van der Waals surface area contributed by atoms with Crippen LogP contribution in [0.15, 0.2) is 22.7 Å². The normalized spacial score (nSPS) is 13.7. The first kappa shape index (κ1) is 14.6. The predicted molar refractivity (Wildman–Crippen MR) is 77.1 cm³/mol. The number of anilines is 1. The van der Waals surface area contributed by atoms with Crippen molar-refractivity contribution >= 4 is 33.6 Å². The second-order valence-corrected chi connectivity index (χ2v) is 5.44. The van der Waals surface area contributed by atoms with Gasteiger partial charge in [0.05, 0.1) is 12.8 Å². The molecule has 1 saturated carbocycles. The summed E-state index contributed by atoms with van der Waals surface area (Å²) in [5.74, 6) is -0.499. The van der Waals surface area contributed by atoms with Crippen LogP contribution in [-0.4, -0.2) is 41.7 Å². The monoisotopic (exact) mass is 342 g/mol. The number of aliphatic carboxylic acids is 1. The fraction of sp³-hybridized carbons (Fsp3) is 0.385. The van der Waals surface area contributed by atoms with Crippen LogP contribution >= 0.6 is 15.9 Å². The first-order valence-electron chi connectivity index (χ1n) is 6.14. The van der Waals surface area contributed by atoms with Crippen molar-refractivity contribution in [1.29, 1.82) is 0 Å². The molecule has 1 fully saturated rings. The Hall–Kier alpha value is -1.76. The largest absolute Gasteiger partial charge is 0.495 e. The first-order chi connectivity index (χ1) is 9.51. The van der Waals surface area contributed by atoms with E-state index in [0.717, 1.165) is 17.3 Å². The summed E-state index contributed by atoms with van der Waals surface area (Å²) in [6.07, 6.45) is 1.69. The lowest BCUT2D eigenvalue weighted by atomic mass is 10.3. The summed E-state index contributed by atoms with van der Waals surface area (Å²) in [5.41, 5.74) is 0.503. The van der Waals surface area contributed by atoms with Crippen molar-refractivity contribution in [3.63, 3.8) is 0 Å². The summed E-state index contributed by atoms with van der Waals surface area (Å²) in [6.45, 7) is -0.299. The highest BCUT2D eigenvalue weighted by atomic mass is 79.9. The molecule has 108 valence electrons. The fourth-order valence-corrected chi connectivity index (χ4v) is 2.22. The van der Waals surface area contributed by atoms with Crippen molar-refractivity contribution in [2.45, 2.75) is 18.9 Å². The minimum absolute atomic E-state index is 0.0178. The lowest BCUT2D eigenvalue weighted by Gasteiger charge is -2.21. The average molecular weight is 343 g/mol.